The minimum absolute atomic E-state index is 0. The topological polar surface area (TPSA) is 122 Å². The molecule has 29 heavy (non-hydrogen) atoms. The molecule has 1 aliphatic carbocycles. The summed E-state index contributed by atoms with van der Waals surface area (Å²) in [5.74, 6) is -0.145. The Labute approximate surface area is 171 Å². The van der Waals surface area contributed by atoms with Gasteiger partial charge in [-0.3, -0.25) is 9.79 Å². The average Bonchev–Trinajstić information content (AvgIpc) is 2.60. The molecule has 0 saturated heterocycles. The highest BCUT2D eigenvalue weighted by molar-refractivity contribution is 7.92. The van der Waals surface area contributed by atoms with Crippen molar-refractivity contribution in [3.05, 3.63) is 53.6 Å². The molecular formula is C20H24N4O4S. The molecule has 0 saturated carbocycles. The lowest BCUT2D eigenvalue weighted by Crippen LogP contribution is -2.26. The van der Waals surface area contributed by atoms with E-state index in [2.05, 4.69) is 19.7 Å². The van der Waals surface area contributed by atoms with E-state index in [9.17, 15) is 18.3 Å². The fourth-order valence-electron chi connectivity index (χ4n) is 2.98. The predicted octanol–water partition coefficient (Wildman–Crippen LogP) is 3.74. The van der Waals surface area contributed by atoms with Gasteiger partial charge in [0.25, 0.3) is 10.0 Å². The molecule has 154 valence electrons. The first-order valence-corrected chi connectivity index (χ1v) is 10.5. The van der Waals surface area contributed by atoms with Crippen LogP contribution >= 0.6 is 0 Å². The smallest absolute Gasteiger partial charge is 0.264 e. The third-order valence-electron chi connectivity index (χ3n) is 4.41. The van der Waals surface area contributed by atoms with Crippen LogP contribution in [0.4, 0.5) is 11.6 Å². The number of aliphatic imine (C=N–C) groups is 1. The lowest BCUT2D eigenvalue weighted by Gasteiger charge is -2.28. The number of aryl methyl sites for hydroxylation is 1. The van der Waals surface area contributed by atoms with Crippen LogP contribution in [-0.4, -0.2) is 35.5 Å². The standard InChI is InChI=1S/C20H22N4O4S.H2/c1-13-8-9-21-19(23-13)24-29(27,28)15-6-4-14(5-7-15)22-12-16-17(25)10-20(2,3)11-18(16)26;/h4-9,12,25H,10-11H2,1-3H3,(H,21,23,24);1H. The van der Waals surface area contributed by atoms with E-state index in [1.165, 1.54) is 36.7 Å². The van der Waals surface area contributed by atoms with Crippen molar-refractivity contribution in [3.8, 4) is 0 Å². The van der Waals surface area contributed by atoms with Gasteiger partial charge < -0.3 is 5.11 Å². The van der Waals surface area contributed by atoms with Gasteiger partial charge in [0, 0.05) is 32.4 Å². The molecule has 0 fully saturated rings. The molecule has 0 bridgehead atoms. The van der Waals surface area contributed by atoms with Gasteiger partial charge in [-0.05, 0) is 42.7 Å². The maximum absolute atomic E-state index is 12.5. The molecular weight excluding hydrogens is 392 g/mol. The number of anilines is 1. The fraction of sp³-hybridized carbons (Fsp3) is 0.300. The molecule has 0 radical (unpaired) electrons. The van der Waals surface area contributed by atoms with Crippen molar-refractivity contribution in [2.75, 3.05) is 4.72 Å². The van der Waals surface area contributed by atoms with Gasteiger partial charge in [0.1, 0.15) is 5.76 Å². The van der Waals surface area contributed by atoms with Gasteiger partial charge in [-0.25, -0.2) is 23.1 Å². The monoisotopic (exact) mass is 416 g/mol. The highest BCUT2D eigenvalue weighted by atomic mass is 32.2. The number of hydrogen-bond donors (Lipinski definition) is 2. The zero-order valence-corrected chi connectivity index (χ0v) is 17.2. The molecule has 9 heteroatoms. The number of carbonyl (C=O) groups excluding carboxylic acids is 1. The van der Waals surface area contributed by atoms with Crippen molar-refractivity contribution < 1.29 is 19.7 Å². The number of nitrogens with zero attached hydrogens (tertiary/aromatic N) is 3. The first kappa shape index (κ1) is 20.7. The van der Waals surface area contributed by atoms with Gasteiger partial charge in [-0.1, -0.05) is 13.8 Å². The van der Waals surface area contributed by atoms with Crippen molar-refractivity contribution >= 4 is 33.7 Å². The number of aliphatic hydroxyl groups is 1. The van der Waals surface area contributed by atoms with E-state index >= 15 is 0 Å². The molecule has 0 atom stereocenters. The quantitative estimate of drug-likeness (QED) is 0.716. The van der Waals surface area contributed by atoms with Gasteiger partial charge in [0.2, 0.25) is 5.95 Å². The second-order valence-corrected chi connectivity index (χ2v) is 9.36. The summed E-state index contributed by atoms with van der Waals surface area (Å²) in [6, 6.07) is 7.47. The van der Waals surface area contributed by atoms with E-state index < -0.39 is 10.0 Å². The third-order valence-corrected chi connectivity index (χ3v) is 5.75. The minimum atomic E-state index is -3.84. The first-order chi connectivity index (χ1) is 13.6. The summed E-state index contributed by atoms with van der Waals surface area (Å²) in [6.07, 6.45) is 3.54. The molecule has 1 aromatic heterocycles. The number of hydrogen-bond acceptors (Lipinski definition) is 7. The van der Waals surface area contributed by atoms with Crippen molar-refractivity contribution in [2.24, 2.45) is 10.4 Å². The summed E-state index contributed by atoms with van der Waals surface area (Å²) in [6.45, 7) is 5.58. The van der Waals surface area contributed by atoms with E-state index in [1.807, 2.05) is 13.8 Å². The van der Waals surface area contributed by atoms with Gasteiger partial charge in [-0.2, -0.15) is 0 Å². The van der Waals surface area contributed by atoms with Gasteiger partial charge in [-0.15, -0.1) is 0 Å². The molecule has 0 amide bonds. The van der Waals surface area contributed by atoms with E-state index in [4.69, 9.17) is 0 Å². The van der Waals surface area contributed by atoms with Gasteiger partial charge in [0.05, 0.1) is 16.2 Å². The zero-order valence-electron chi connectivity index (χ0n) is 16.4. The number of benzene rings is 1. The van der Waals surface area contributed by atoms with Gasteiger partial charge >= 0.3 is 0 Å². The van der Waals surface area contributed by atoms with E-state index in [1.54, 1.807) is 13.0 Å². The van der Waals surface area contributed by atoms with Gasteiger partial charge in [0.15, 0.2) is 5.78 Å². The van der Waals surface area contributed by atoms with E-state index in [0.717, 1.165) is 0 Å². The summed E-state index contributed by atoms with van der Waals surface area (Å²) < 4.78 is 27.2. The molecule has 8 nitrogen and oxygen atoms in total. The molecule has 3 rings (SSSR count). The minimum Gasteiger partial charge on any atom is -0.511 e. The molecule has 2 aromatic rings. The normalized spacial score (nSPS) is 17.0. The highest BCUT2D eigenvalue weighted by Gasteiger charge is 2.32. The molecule has 2 N–H and O–H groups in total. The van der Waals surface area contributed by atoms with Crippen LogP contribution < -0.4 is 4.72 Å². The van der Waals surface area contributed by atoms with Crippen LogP contribution in [0.5, 0.6) is 0 Å². The Kier molecular flexibility index (Phi) is 5.52. The number of sulfonamides is 1. The zero-order chi connectivity index (χ0) is 21.2. The third kappa shape index (κ3) is 5.05. The van der Waals surface area contributed by atoms with E-state index in [0.29, 0.717) is 24.2 Å². The Morgan fingerprint density at radius 2 is 1.90 bits per heavy atom. The molecule has 0 spiro atoms. The number of aliphatic hydroxyl groups excluding tert-OH is 1. The number of rotatable bonds is 5. The van der Waals surface area contributed by atoms with Crippen LogP contribution in [0, 0.1) is 12.3 Å². The molecule has 0 aliphatic heterocycles. The molecule has 1 heterocycles. The van der Waals surface area contributed by atoms with Crippen LogP contribution in [-0.2, 0) is 14.8 Å². The second kappa shape index (κ2) is 7.75. The number of aromatic nitrogens is 2. The molecule has 1 aromatic carbocycles. The maximum Gasteiger partial charge on any atom is 0.264 e. The number of nitrogens with one attached hydrogen (secondary N) is 1. The second-order valence-electron chi connectivity index (χ2n) is 7.68. The predicted molar refractivity (Wildman–Crippen MR) is 112 cm³/mol. The number of allylic oxidation sites excluding steroid dienone is 2. The SMILES string of the molecule is Cc1ccnc(NS(=O)(=O)c2ccc(N=CC3=C(O)CC(C)(C)CC3=O)cc2)n1.[HH]. The molecule has 0 unspecified atom stereocenters. The largest absolute Gasteiger partial charge is 0.511 e. The Balaban J connectivity index is 0.00000320. The van der Waals surface area contributed by atoms with E-state index in [-0.39, 0.29) is 34.8 Å². The van der Waals surface area contributed by atoms with Crippen LogP contribution in [0.1, 0.15) is 33.8 Å². The van der Waals surface area contributed by atoms with Crippen molar-refractivity contribution in [1.82, 2.24) is 9.97 Å². The van der Waals surface area contributed by atoms with Crippen molar-refractivity contribution in [3.63, 3.8) is 0 Å². The maximum atomic E-state index is 12.5. The highest BCUT2D eigenvalue weighted by Crippen LogP contribution is 2.35. The van der Waals surface area contributed by atoms with Crippen LogP contribution in [0.2, 0.25) is 0 Å². The lowest BCUT2D eigenvalue weighted by atomic mass is 9.77. The first-order valence-electron chi connectivity index (χ1n) is 8.98. The Morgan fingerprint density at radius 3 is 2.52 bits per heavy atom. The summed E-state index contributed by atoms with van der Waals surface area (Å²) in [5.41, 5.74) is 1.01. The number of Topliss-reactive ketones (excluding diaryl/α,β-unsaturated/α-hetero) is 1. The van der Waals surface area contributed by atoms with Crippen molar-refractivity contribution in [2.45, 2.75) is 38.5 Å². The van der Waals surface area contributed by atoms with Crippen LogP contribution in [0.3, 0.4) is 0 Å². The Hall–Kier alpha value is -3.07. The molecule has 1 aliphatic rings. The lowest BCUT2D eigenvalue weighted by molar-refractivity contribution is -0.117. The van der Waals surface area contributed by atoms with Crippen molar-refractivity contribution in [1.29, 1.82) is 0 Å². The Bertz CT molecular complexity index is 1110. The Morgan fingerprint density at radius 1 is 1.21 bits per heavy atom. The fourth-order valence-corrected chi connectivity index (χ4v) is 3.93. The summed E-state index contributed by atoms with van der Waals surface area (Å²) in [4.78, 5) is 24.3. The summed E-state index contributed by atoms with van der Waals surface area (Å²) in [7, 11) is -3.84. The summed E-state index contributed by atoms with van der Waals surface area (Å²) in [5, 5.41) is 10.1. The summed E-state index contributed by atoms with van der Waals surface area (Å²) >= 11 is 0. The van der Waals surface area contributed by atoms with Crippen LogP contribution in [0.25, 0.3) is 0 Å². The number of ketones is 1. The average molecular weight is 417 g/mol. The number of carbonyl (C=O) groups is 1. The van der Waals surface area contributed by atoms with Crippen LogP contribution in [0.15, 0.2) is 57.7 Å².